The molecule has 1 amide bonds. The van der Waals surface area contributed by atoms with Crippen LogP contribution in [-0.4, -0.2) is 40.8 Å². The summed E-state index contributed by atoms with van der Waals surface area (Å²) in [5, 5.41) is 13.5. The molecule has 0 unspecified atom stereocenters. The van der Waals surface area contributed by atoms with Gasteiger partial charge in [0, 0.05) is 6.54 Å². The van der Waals surface area contributed by atoms with Gasteiger partial charge in [-0.15, -0.1) is 10.2 Å². The van der Waals surface area contributed by atoms with Gasteiger partial charge in [0.15, 0.2) is 0 Å². The van der Waals surface area contributed by atoms with Crippen molar-refractivity contribution in [1.82, 2.24) is 25.4 Å². The van der Waals surface area contributed by atoms with Crippen LogP contribution >= 0.6 is 0 Å². The highest BCUT2D eigenvalue weighted by molar-refractivity contribution is 5.97. The van der Waals surface area contributed by atoms with Gasteiger partial charge in [-0.3, -0.25) is 9.36 Å². The van der Waals surface area contributed by atoms with Crippen LogP contribution in [0.1, 0.15) is 16.8 Å². The lowest BCUT2D eigenvalue weighted by Crippen LogP contribution is -2.27. The van der Waals surface area contributed by atoms with Crippen molar-refractivity contribution < 1.29 is 4.79 Å². The molecule has 2 aromatic rings. The number of amides is 1. The Morgan fingerprint density at radius 1 is 1.21 bits per heavy atom. The lowest BCUT2D eigenvalue weighted by Gasteiger charge is -2.10. The molecule has 0 aliphatic heterocycles. The molecule has 100 valence electrons. The van der Waals surface area contributed by atoms with Crippen LogP contribution in [0.2, 0.25) is 0 Å². The fourth-order valence-corrected chi connectivity index (χ4v) is 1.78. The Kier molecular flexibility index (Phi) is 4.63. The van der Waals surface area contributed by atoms with Crippen LogP contribution in [-0.2, 0) is 0 Å². The second kappa shape index (κ2) is 6.65. The van der Waals surface area contributed by atoms with E-state index in [-0.39, 0.29) is 5.91 Å². The number of hydrogen-bond donors (Lipinski definition) is 2. The van der Waals surface area contributed by atoms with Crippen molar-refractivity contribution in [3.63, 3.8) is 0 Å². The average Bonchev–Trinajstić information content (AvgIpc) is 2.97. The van der Waals surface area contributed by atoms with Crippen LogP contribution in [0.5, 0.6) is 0 Å². The standard InChI is InChI=1S/C13H17N5O/c1-14-7-4-8-15-13(19)11-5-2-3-6-12(11)18-9-16-17-10-18/h2-3,5-6,9-10,14H,4,7-8H2,1H3,(H,15,19). The van der Waals surface area contributed by atoms with Gasteiger partial charge in [0.25, 0.3) is 5.91 Å². The predicted molar refractivity (Wildman–Crippen MR) is 72.2 cm³/mol. The predicted octanol–water partition coefficient (Wildman–Crippen LogP) is 0.607. The third-order valence-corrected chi connectivity index (χ3v) is 2.73. The van der Waals surface area contributed by atoms with E-state index in [1.54, 1.807) is 23.3 Å². The lowest BCUT2D eigenvalue weighted by atomic mass is 10.1. The zero-order valence-corrected chi connectivity index (χ0v) is 10.8. The van der Waals surface area contributed by atoms with Gasteiger partial charge >= 0.3 is 0 Å². The smallest absolute Gasteiger partial charge is 0.253 e. The van der Waals surface area contributed by atoms with Crippen molar-refractivity contribution in [2.45, 2.75) is 6.42 Å². The molecule has 0 radical (unpaired) electrons. The van der Waals surface area contributed by atoms with E-state index >= 15 is 0 Å². The first-order chi connectivity index (χ1) is 9.33. The molecule has 2 rings (SSSR count). The Bertz CT molecular complexity index is 524. The van der Waals surface area contributed by atoms with Gasteiger partial charge in [0.2, 0.25) is 0 Å². The molecule has 1 aromatic carbocycles. The van der Waals surface area contributed by atoms with Crippen molar-refractivity contribution in [3.05, 3.63) is 42.5 Å². The van der Waals surface area contributed by atoms with Gasteiger partial charge in [-0.25, -0.2) is 0 Å². The van der Waals surface area contributed by atoms with E-state index in [1.165, 1.54) is 0 Å². The zero-order chi connectivity index (χ0) is 13.5. The van der Waals surface area contributed by atoms with Crippen molar-refractivity contribution in [3.8, 4) is 5.69 Å². The molecule has 0 aliphatic rings. The molecule has 6 heteroatoms. The first kappa shape index (κ1) is 13.2. The Hall–Kier alpha value is -2.21. The first-order valence-corrected chi connectivity index (χ1v) is 6.19. The van der Waals surface area contributed by atoms with E-state index < -0.39 is 0 Å². The van der Waals surface area contributed by atoms with Crippen molar-refractivity contribution in [1.29, 1.82) is 0 Å². The highest BCUT2D eigenvalue weighted by atomic mass is 16.1. The number of carbonyl (C=O) groups is 1. The summed E-state index contributed by atoms with van der Waals surface area (Å²) in [4.78, 5) is 12.1. The van der Waals surface area contributed by atoms with E-state index in [0.717, 1.165) is 18.7 Å². The Morgan fingerprint density at radius 2 is 1.95 bits per heavy atom. The quantitative estimate of drug-likeness (QED) is 0.745. The zero-order valence-electron chi connectivity index (χ0n) is 10.8. The summed E-state index contributed by atoms with van der Waals surface area (Å²) < 4.78 is 1.72. The molecule has 1 heterocycles. The van der Waals surface area contributed by atoms with Crippen LogP contribution < -0.4 is 10.6 Å². The largest absolute Gasteiger partial charge is 0.352 e. The fourth-order valence-electron chi connectivity index (χ4n) is 1.78. The van der Waals surface area contributed by atoms with Crippen LogP contribution in [0.3, 0.4) is 0 Å². The van der Waals surface area contributed by atoms with Crippen LogP contribution in [0.4, 0.5) is 0 Å². The van der Waals surface area contributed by atoms with Crippen LogP contribution in [0.15, 0.2) is 36.9 Å². The number of rotatable bonds is 6. The highest BCUT2D eigenvalue weighted by Gasteiger charge is 2.11. The van der Waals surface area contributed by atoms with E-state index in [2.05, 4.69) is 20.8 Å². The summed E-state index contributed by atoms with van der Waals surface area (Å²) in [6.45, 7) is 1.53. The third kappa shape index (κ3) is 3.38. The second-order valence-electron chi connectivity index (χ2n) is 4.10. The van der Waals surface area contributed by atoms with E-state index in [9.17, 15) is 4.79 Å². The lowest BCUT2D eigenvalue weighted by molar-refractivity contribution is 0.0953. The molecule has 6 nitrogen and oxygen atoms in total. The molecule has 0 aliphatic carbocycles. The Balaban J connectivity index is 2.09. The number of nitrogens with one attached hydrogen (secondary N) is 2. The van der Waals surface area contributed by atoms with E-state index in [0.29, 0.717) is 12.1 Å². The summed E-state index contributed by atoms with van der Waals surface area (Å²) in [6, 6.07) is 7.39. The third-order valence-electron chi connectivity index (χ3n) is 2.73. The van der Waals surface area contributed by atoms with Gasteiger partial charge < -0.3 is 10.6 Å². The molecule has 0 fully saturated rings. The number of hydrogen-bond acceptors (Lipinski definition) is 4. The molecule has 0 saturated carbocycles. The second-order valence-corrected chi connectivity index (χ2v) is 4.10. The molecule has 0 atom stereocenters. The van der Waals surface area contributed by atoms with Crippen molar-refractivity contribution in [2.24, 2.45) is 0 Å². The minimum Gasteiger partial charge on any atom is -0.352 e. The Labute approximate surface area is 111 Å². The normalized spacial score (nSPS) is 10.4. The molecule has 19 heavy (non-hydrogen) atoms. The molecule has 0 saturated heterocycles. The maximum Gasteiger partial charge on any atom is 0.253 e. The molecular weight excluding hydrogens is 242 g/mol. The molecule has 0 spiro atoms. The monoisotopic (exact) mass is 259 g/mol. The Morgan fingerprint density at radius 3 is 2.68 bits per heavy atom. The maximum atomic E-state index is 12.1. The summed E-state index contributed by atoms with van der Waals surface area (Å²) >= 11 is 0. The summed E-state index contributed by atoms with van der Waals surface area (Å²) in [6.07, 6.45) is 4.05. The summed E-state index contributed by atoms with van der Waals surface area (Å²) in [7, 11) is 1.89. The first-order valence-electron chi connectivity index (χ1n) is 6.19. The number of aromatic nitrogens is 3. The number of carbonyl (C=O) groups excluding carboxylic acids is 1. The topological polar surface area (TPSA) is 71.8 Å². The maximum absolute atomic E-state index is 12.1. The molecule has 0 bridgehead atoms. The van der Waals surface area contributed by atoms with Crippen molar-refractivity contribution in [2.75, 3.05) is 20.1 Å². The van der Waals surface area contributed by atoms with Gasteiger partial charge in [-0.2, -0.15) is 0 Å². The van der Waals surface area contributed by atoms with Crippen LogP contribution in [0.25, 0.3) is 5.69 Å². The van der Waals surface area contributed by atoms with Gasteiger partial charge in [0.1, 0.15) is 12.7 Å². The number of para-hydroxylation sites is 1. The minimum absolute atomic E-state index is 0.0830. The van der Waals surface area contributed by atoms with Gasteiger partial charge in [0.05, 0.1) is 11.3 Å². The van der Waals surface area contributed by atoms with E-state index in [1.807, 2.05) is 25.2 Å². The van der Waals surface area contributed by atoms with Crippen molar-refractivity contribution >= 4 is 5.91 Å². The number of benzene rings is 1. The average molecular weight is 259 g/mol. The number of nitrogens with zero attached hydrogens (tertiary/aromatic N) is 3. The minimum atomic E-state index is -0.0830. The molecule has 1 aromatic heterocycles. The summed E-state index contributed by atoms with van der Waals surface area (Å²) in [5.41, 5.74) is 1.39. The van der Waals surface area contributed by atoms with Gasteiger partial charge in [-0.05, 0) is 32.1 Å². The van der Waals surface area contributed by atoms with E-state index in [4.69, 9.17) is 0 Å². The SMILES string of the molecule is CNCCCNC(=O)c1ccccc1-n1cnnc1. The van der Waals surface area contributed by atoms with Crippen LogP contribution in [0, 0.1) is 0 Å². The fraction of sp³-hybridized carbons (Fsp3) is 0.308. The summed E-state index contributed by atoms with van der Waals surface area (Å²) in [5.74, 6) is -0.0830. The molecular formula is C13H17N5O. The highest BCUT2D eigenvalue weighted by Crippen LogP contribution is 2.13. The molecule has 2 N–H and O–H groups in total. The van der Waals surface area contributed by atoms with Gasteiger partial charge in [-0.1, -0.05) is 12.1 Å².